The number of nitrogens with zero attached hydrogens (tertiary/aromatic N) is 3. The van der Waals surface area contributed by atoms with Gasteiger partial charge in [0, 0.05) is 0 Å². The first-order chi connectivity index (χ1) is 10.4. The molecule has 0 spiro atoms. The molecule has 0 saturated heterocycles. The molecule has 1 aromatic heterocycles. The minimum atomic E-state index is -0.695. The van der Waals surface area contributed by atoms with Gasteiger partial charge in [-0.15, -0.1) is 0 Å². The minimum Gasteiger partial charge on any atom is -0.454 e. The molecule has 0 aliphatic carbocycles. The van der Waals surface area contributed by atoms with Crippen LogP contribution in [0.4, 0.5) is 0 Å². The molecule has 1 aromatic carbocycles. The van der Waals surface area contributed by atoms with Crippen LogP contribution < -0.4 is 9.47 Å². The molecule has 0 radical (unpaired) electrons. The van der Waals surface area contributed by atoms with Gasteiger partial charge in [-0.05, 0) is 29.2 Å². The Morgan fingerprint density at radius 3 is 2.77 bits per heavy atom. The molecule has 0 fully saturated rings. The van der Waals surface area contributed by atoms with E-state index in [1.807, 2.05) is 45.0 Å². The number of aliphatic hydroxyl groups excluding tert-OH is 1. The van der Waals surface area contributed by atoms with Crippen molar-refractivity contribution in [1.82, 2.24) is 14.8 Å². The molecular weight excluding hydrogens is 282 g/mol. The lowest BCUT2D eigenvalue weighted by Crippen LogP contribution is -2.29. The molecule has 1 unspecified atom stereocenters. The Bertz CT molecular complexity index is 687. The fourth-order valence-electron chi connectivity index (χ4n) is 2.23. The summed E-state index contributed by atoms with van der Waals surface area (Å²) in [4.78, 5) is 3.96. The fourth-order valence-corrected chi connectivity index (χ4v) is 2.23. The standard InChI is InChI=1S/C16H19N3O3/c1-16(2,3)15(20)12(19-9-17-8-18-19)6-11-4-5-13-14(7-11)22-10-21-13/h4-9,15,20H,10H2,1-3H3/b12-6+. The molecule has 2 heterocycles. The average molecular weight is 301 g/mol. The topological polar surface area (TPSA) is 69.4 Å². The summed E-state index contributed by atoms with van der Waals surface area (Å²) in [6, 6.07) is 5.66. The summed E-state index contributed by atoms with van der Waals surface area (Å²) in [5.41, 5.74) is 1.23. The van der Waals surface area contributed by atoms with Crippen LogP contribution in [0.3, 0.4) is 0 Å². The second-order valence-corrected chi connectivity index (χ2v) is 6.29. The fraction of sp³-hybridized carbons (Fsp3) is 0.375. The van der Waals surface area contributed by atoms with Gasteiger partial charge in [0.05, 0.1) is 5.70 Å². The number of rotatable bonds is 3. The first-order valence-electron chi connectivity index (χ1n) is 7.09. The van der Waals surface area contributed by atoms with Crippen molar-refractivity contribution in [3.63, 3.8) is 0 Å². The van der Waals surface area contributed by atoms with Crippen molar-refractivity contribution in [2.45, 2.75) is 26.9 Å². The summed E-state index contributed by atoms with van der Waals surface area (Å²) >= 11 is 0. The molecule has 116 valence electrons. The Kier molecular flexibility index (Phi) is 3.62. The van der Waals surface area contributed by atoms with Crippen LogP contribution in [0.5, 0.6) is 11.5 Å². The molecule has 1 atom stereocenters. The van der Waals surface area contributed by atoms with Crippen LogP contribution in [0.2, 0.25) is 0 Å². The van der Waals surface area contributed by atoms with Crippen LogP contribution in [0.15, 0.2) is 30.9 Å². The monoisotopic (exact) mass is 301 g/mol. The molecule has 1 N–H and O–H groups in total. The van der Waals surface area contributed by atoms with Crippen LogP contribution >= 0.6 is 0 Å². The van der Waals surface area contributed by atoms with Crippen molar-refractivity contribution in [2.24, 2.45) is 5.41 Å². The highest BCUT2D eigenvalue weighted by atomic mass is 16.7. The van der Waals surface area contributed by atoms with E-state index in [1.54, 1.807) is 11.0 Å². The lowest BCUT2D eigenvalue weighted by Gasteiger charge is -2.28. The van der Waals surface area contributed by atoms with Gasteiger partial charge in [0.25, 0.3) is 0 Å². The third-order valence-electron chi connectivity index (χ3n) is 3.49. The molecule has 2 aromatic rings. The van der Waals surface area contributed by atoms with Gasteiger partial charge in [-0.3, -0.25) is 0 Å². The Morgan fingerprint density at radius 1 is 1.32 bits per heavy atom. The zero-order valence-corrected chi connectivity index (χ0v) is 12.9. The van der Waals surface area contributed by atoms with Gasteiger partial charge in [0.1, 0.15) is 18.8 Å². The Morgan fingerprint density at radius 2 is 2.09 bits per heavy atom. The van der Waals surface area contributed by atoms with E-state index in [1.165, 1.54) is 6.33 Å². The molecule has 1 aliphatic heterocycles. The SMILES string of the molecule is CC(C)(C)C(O)/C(=C\c1ccc2c(c1)OCO2)n1cncn1. The molecule has 1 aliphatic rings. The van der Waals surface area contributed by atoms with Gasteiger partial charge in [-0.2, -0.15) is 5.10 Å². The van der Waals surface area contributed by atoms with Crippen LogP contribution in [0.1, 0.15) is 26.3 Å². The first kappa shape index (κ1) is 14.6. The second-order valence-electron chi connectivity index (χ2n) is 6.29. The summed E-state index contributed by atoms with van der Waals surface area (Å²) in [7, 11) is 0. The third-order valence-corrected chi connectivity index (χ3v) is 3.49. The van der Waals surface area contributed by atoms with Crippen molar-refractivity contribution in [1.29, 1.82) is 0 Å². The number of aromatic nitrogens is 3. The summed E-state index contributed by atoms with van der Waals surface area (Å²) in [5, 5.41) is 14.8. The van der Waals surface area contributed by atoms with E-state index in [-0.39, 0.29) is 12.2 Å². The molecule has 0 saturated carbocycles. The summed E-state index contributed by atoms with van der Waals surface area (Å²) in [6.45, 7) is 6.16. The second kappa shape index (κ2) is 5.46. The molecule has 6 heteroatoms. The van der Waals surface area contributed by atoms with Crippen LogP contribution in [0.25, 0.3) is 11.8 Å². The molecular formula is C16H19N3O3. The highest BCUT2D eigenvalue weighted by molar-refractivity contribution is 5.74. The number of hydrogen-bond acceptors (Lipinski definition) is 5. The maximum absolute atomic E-state index is 10.7. The zero-order valence-electron chi connectivity index (χ0n) is 12.9. The maximum atomic E-state index is 10.7. The van der Waals surface area contributed by atoms with Gasteiger partial charge >= 0.3 is 0 Å². The Hall–Kier alpha value is -2.34. The van der Waals surface area contributed by atoms with Gasteiger partial charge in [-0.1, -0.05) is 26.8 Å². The van der Waals surface area contributed by atoms with Crippen LogP contribution in [0, 0.1) is 5.41 Å². The normalized spacial score (nSPS) is 15.9. The van der Waals surface area contributed by atoms with E-state index in [0.29, 0.717) is 11.4 Å². The first-order valence-corrected chi connectivity index (χ1v) is 7.09. The number of fused-ring (bicyclic) bond motifs is 1. The molecule has 3 rings (SSSR count). The summed E-state index contributed by atoms with van der Waals surface area (Å²) in [5.74, 6) is 1.44. The molecule has 22 heavy (non-hydrogen) atoms. The third kappa shape index (κ3) is 2.82. The van der Waals surface area contributed by atoms with E-state index in [0.717, 1.165) is 11.3 Å². The lowest BCUT2D eigenvalue weighted by molar-refractivity contribution is 0.109. The van der Waals surface area contributed by atoms with Crippen molar-refractivity contribution in [3.05, 3.63) is 36.4 Å². The highest BCUT2D eigenvalue weighted by Gasteiger charge is 2.27. The number of benzene rings is 1. The van der Waals surface area contributed by atoms with E-state index < -0.39 is 6.10 Å². The van der Waals surface area contributed by atoms with Crippen molar-refractivity contribution in [2.75, 3.05) is 6.79 Å². The summed E-state index contributed by atoms with van der Waals surface area (Å²) in [6.07, 6.45) is 4.21. The predicted molar refractivity (Wildman–Crippen MR) is 82.2 cm³/mol. The van der Waals surface area contributed by atoms with Gasteiger partial charge in [-0.25, -0.2) is 9.67 Å². The largest absolute Gasteiger partial charge is 0.454 e. The number of hydrogen-bond donors (Lipinski definition) is 1. The van der Waals surface area contributed by atoms with E-state index in [4.69, 9.17) is 9.47 Å². The molecule has 0 amide bonds. The van der Waals surface area contributed by atoms with Crippen LogP contribution in [-0.2, 0) is 0 Å². The number of ether oxygens (including phenoxy) is 2. The van der Waals surface area contributed by atoms with Gasteiger partial charge in [0.15, 0.2) is 11.5 Å². The summed E-state index contributed by atoms with van der Waals surface area (Å²) < 4.78 is 12.3. The Balaban J connectivity index is 2.02. The molecule has 0 bridgehead atoms. The average Bonchev–Trinajstić information content (AvgIpc) is 3.13. The molecule has 6 nitrogen and oxygen atoms in total. The van der Waals surface area contributed by atoms with Gasteiger partial charge in [0.2, 0.25) is 6.79 Å². The quantitative estimate of drug-likeness (QED) is 0.943. The van der Waals surface area contributed by atoms with Crippen molar-refractivity contribution < 1.29 is 14.6 Å². The number of aliphatic hydroxyl groups is 1. The highest BCUT2D eigenvalue weighted by Crippen LogP contribution is 2.34. The predicted octanol–water partition coefficient (Wildman–Crippen LogP) is 2.41. The van der Waals surface area contributed by atoms with E-state index in [2.05, 4.69) is 10.1 Å². The van der Waals surface area contributed by atoms with Crippen molar-refractivity contribution in [3.8, 4) is 11.5 Å². The Labute approximate surface area is 129 Å². The maximum Gasteiger partial charge on any atom is 0.231 e. The minimum absolute atomic E-state index is 0.239. The lowest BCUT2D eigenvalue weighted by atomic mass is 9.86. The van der Waals surface area contributed by atoms with E-state index in [9.17, 15) is 5.11 Å². The van der Waals surface area contributed by atoms with Crippen LogP contribution in [-0.4, -0.2) is 32.8 Å². The smallest absolute Gasteiger partial charge is 0.231 e. The zero-order chi connectivity index (χ0) is 15.7. The van der Waals surface area contributed by atoms with Crippen molar-refractivity contribution >= 4 is 11.8 Å². The van der Waals surface area contributed by atoms with E-state index >= 15 is 0 Å². The van der Waals surface area contributed by atoms with Gasteiger partial charge < -0.3 is 14.6 Å².